The number of hydrogen-bond donors (Lipinski definition) is 0. The molecule has 0 saturated heterocycles. The van der Waals surface area contributed by atoms with E-state index in [-0.39, 0.29) is 0 Å². The van der Waals surface area contributed by atoms with Gasteiger partial charge in [-0.05, 0) is 31.0 Å². The van der Waals surface area contributed by atoms with Crippen LogP contribution < -0.4 is 0 Å². The molecule has 0 saturated carbocycles. The molecule has 0 aliphatic heterocycles. The Hall–Kier alpha value is -0.730. The summed E-state index contributed by atoms with van der Waals surface area (Å²) in [5.41, 5.74) is 2.15. The molecule has 2 nitrogen and oxygen atoms in total. The summed E-state index contributed by atoms with van der Waals surface area (Å²) in [5, 5.41) is 0.762. The van der Waals surface area contributed by atoms with E-state index in [1.807, 2.05) is 18.2 Å². The van der Waals surface area contributed by atoms with Crippen LogP contribution in [0.3, 0.4) is 0 Å². The van der Waals surface area contributed by atoms with Gasteiger partial charge < -0.3 is 4.57 Å². The Kier molecular flexibility index (Phi) is 5.12. The molecule has 0 amide bonds. The van der Waals surface area contributed by atoms with E-state index in [2.05, 4.69) is 18.4 Å². The van der Waals surface area contributed by atoms with Gasteiger partial charge in [0.1, 0.15) is 5.82 Å². The molecular formula is C15H20Cl2N2. The van der Waals surface area contributed by atoms with Gasteiger partial charge in [-0.25, -0.2) is 4.98 Å². The SMILES string of the molecule is CCCC(CC)n1c(CCCl)nc2ccc(Cl)cc21. The summed E-state index contributed by atoms with van der Waals surface area (Å²) in [6.45, 7) is 4.44. The number of alkyl halides is 1. The average molecular weight is 299 g/mol. The van der Waals surface area contributed by atoms with Crippen LogP contribution in [0.15, 0.2) is 18.2 Å². The van der Waals surface area contributed by atoms with Crippen molar-refractivity contribution in [2.24, 2.45) is 0 Å². The average Bonchev–Trinajstić information content (AvgIpc) is 2.74. The predicted octanol–water partition coefficient (Wildman–Crippen LogP) is 5.22. The van der Waals surface area contributed by atoms with Crippen LogP contribution in [0.2, 0.25) is 5.02 Å². The summed E-state index contributed by atoms with van der Waals surface area (Å²) < 4.78 is 2.34. The lowest BCUT2D eigenvalue weighted by molar-refractivity contribution is 0.445. The van der Waals surface area contributed by atoms with Gasteiger partial charge in [0.2, 0.25) is 0 Å². The van der Waals surface area contributed by atoms with E-state index in [1.165, 1.54) is 6.42 Å². The van der Waals surface area contributed by atoms with Crippen molar-refractivity contribution in [2.75, 3.05) is 5.88 Å². The molecule has 4 heteroatoms. The molecule has 1 heterocycles. The number of aromatic nitrogens is 2. The standard InChI is InChI=1S/C15H20Cl2N2/c1-3-5-12(4-2)19-14-10-11(17)6-7-13(14)18-15(19)8-9-16/h6-7,10,12H,3-5,8-9H2,1-2H3. The second-order valence-corrected chi connectivity index (χ2v) is 5.64. The molecule has 0 aliphatic rings. The molecule has 2 rings (SSSR count). The fraction of sp³-hybridized carbons (Fsp3) is 0.533. The third-order valence-corrected chi connectivity index (χ3v) is 3.93. The van der Waals surface area contributed by atoms with Crippen molar-refractivity contribution >= 4 is 34.2 Å². The first-order chi connectivity index (χ1) is 9.21. The van der Waals surface area contributed by atoms with Crippen molar-refractivity contribution in [3.05, 3.63) is 29.0 Å². The number of hydrogen-bond acceptors (Lipinski definition) is 1. The van der Waals surface area contributed by atoms with Gasteiger partial charge >= 0.3 is 0 Å². The van der Waals surface area contributed by atoms with Gasteiger partial charge in [-0.2, -0.15) is 0 Å². The minimum atomic E-state index is 0.478. The number of benzene rings is 1. The van der Waals surface area contributed by atoms with E-state index in [9.17, 15) is 0 Å². The zero-order valence-corrected chi connectivity index (χ0v) is 13.0. The molecule has 1 unspecified atom stereocenters. The highest BCUT2D eigenvalue weighted by Crippen LogP contribution is 2.28. The zero-order valence-electron chi connectivity index (χ0n) is 11.5. The molecule has 1 aromatic carbocycles. The van der Waals surface area contributed by atoms with Gasteiger partial charge in [-0.1, -0.05) is 31.9 Å². The molecule has 1 atom stereocenters. The lowest BCUT2D eigenvalue weighted by Gasteiger charge is -2.19. The van der Waals surface area contributed by atoms with Crippen LogP contribution in [0.25, 0.3) is 11.0 Å². The van der Waals surface area contributed by atoms with Crippen LogP contribution >= 0.6 is 23.2 Å². The van der Waals surface area contributed by atoms with E-state index in [0.717, 1.165) is 41.1 Å². The Balaban J connectivity index is 2.58. The van der Waals surface area contributed by atoms with E-state index in [1.54, 1.807) is 0 Å². The third-order valence-electron chi connectivity index (χ3n) is 3.50. The topological polar surface area (TPSA) is 17.8 Å². The van der Waals surface area contributed by atoms with E-state index < -0.39 is 0 Å². The van der Waals surface area contributed by atoms with Crippen molar-refractivity contribution in [2.45, 2.75) is 45.6 Å². The van der Waals surface area contributed by atoms with Crippen molar-refractivity contribution in [3.8, 4) is 0 Å². The van der Waals surface area contributed by atoms with Crippen molar-refractivity contribution in [3.63, 3.8) is 0 Å². The maximum atomic E-state index is 6.13. The highest BCUT2D eigenvalue weighted by Gasteiger charge is 2.17. The van der Waals surface area contributed by atoms with Crippen LogP contribution in [-0.4, -0.2) is 15.4 Å². The second-order valence-electron chi connectivity index (χ2n) is 4.82. The Labute approximate surface area is 124 Å². The third kappa shape index (κ3) is 3.06. The maximum Gasteiger partial charge on any atom is 0.111 e. The smallest absolute Gasteiger partial charge is 0.111 e. The van der Waals surface area contributed by atoms with E-state index in [4.69, 9.17) is 28.2 Å². The molecule has 0 aliphatic carbocycles. The first kappa shape index (κ1) is 14.7. The predicted molar refractivity (Wildman–Crippen MR) is 83.4 cm³/mol. The summed E-state index contributed by atoms with van der Waals surface area (Å²) >= 11 is 12.0. The number of halogens is 2. The number of imidazole rings is 1. The van der Waals surface area contributed by atoms with Gasteiger partial charge in [-0.15, -0.1) is 11.6 Å². The molecule has 0 N–H and O–H groups in total. The van der Waals surface area contributed by atoms with Crippen LogP contribution in [0.1, 0.15) is 45.0 Å². The van der Waals surface area contributed by atoms with Gasteiger partial charge in [0.05, 0.1) is 11.0 Å². The van der Waals surface area contributed by atoms with Gasteiger partial charge in [0, 0.05) is 23.4 Å². The molecule has 0 bridgehead atoms. The van der Waals surface area contributed by atoms with Gasteiger partial charge in [0.25, 0.3) is 0 Å². The number of fused-ring (bicyclic) bond motifs is 1. The fourth-order valence-corrected chi connectivity index (χ4v) is 2.97. The minimum Gasteiger partial charge on any atom is -0.325 e. The van der Waals surface area contributed by atoms with Crippen molar-refractivity contribution in [1.29, 1.82) is 0 Å². The number of aryl methyl sites for hydroxylation is 1. The molecular weight excluding hydrogens is 279 g/mol. The molecule has 0 fully saturated rings. The summed E-state index contributed by atoms with van der Waals surface area (Å²) in [6.07, 6.45) is 4.22. The first-order valence-electron chi connectivity index (χ1n) is 6.93. The Bertz CT molecular complexity index is 548. The Morgan fingerprint density at radius 1 is 1.32 bits per heavy atom. The lowest BCUT2D eigenvalue weighted by Crippen LogP contribution is -2.12. The first-order valence-corrected chi connectivity index (χ1v) is 7.84. The maximum absolute atomic E-state index is 6.13. The second kappa shape index (κ2) is 6.62. The van der Waals surface area contributed by atoms with Crippen molar-refractivity contribution < 1.29 is 0 Å². The highest BCUT2D eigenvalue weighted by molar-refractivity contribution is 6.31. The molecule has 104 valence electrons. The lowest BCUT2D eigenvalue weighted by atomic mass is 10.1. The Morgan fingerprint density at radius 2 is 2.11 bits per heavy atom. The fourth-order valence-electron chi connectivity index (χ4n) is 2.63. The van der Waals surface area contributed by atoms with Gasteiger partial charge in [-0.3, -0.25) is 0 Å². The molecule has 0 spiro atoms. The normalized spacial score (nSPS) is 13.1. The van der Waals surface area contributed by atoms with Crippen molar-refractivity contribution in [1.82, 2.24) is 9.55 Å². The molecule has 0 radical (unpaired) electrons. The number of rotatable bonds is 6. The summed E-state index contributed by atoms with van der Waals surface area (Å²) in [5.74, 6) is 1.67. The van der Waals surface area contributed by atoms with Crippen LogP contribution in [-0.2, 0) is 6.42 Å². The Morgan fingerprint density at radius 3 is 2.74 bits per heavy atom. The number of nitrogens with zero attached hydrogens (tertiary/aromatic N) is 2. The van der Waals surface area contributed by atoms with Crippen LogP contribution in [0.5, 0.6) is 0 Å². The summed E-state index contributed by atoms with van der Waals surface area (Å²) in [6, 6.07) is 6.38. The molecule has 1 aromatic heterocycles. The van der Waals surface area contributed by atoms with Crippen LogP contribution in [0.4, 0.5) is 0 Å². The molecule has 2 aromatic rings. The van der Waals surface area contributed by atoms with Crippen LogP contribution in [0, 0.1) is 0 Å². The summed E-state index contributed by atoms with van der Waals surface area (Å²) in [7, 11) is 0. The zero-order chi connectivity index (χ0) is 13.8. The quantitative estimate of drug-likeness (QED) is 0.668. The van der Waals surface area contributed by atoms with E-state index >= 15 is 0 Å². The summed E-state index contributed by atoms with van der Waals surface area (Å²) in [4.78, 5) is 4.71. The largest absolute Gasteiger partial charge is 0.325 e. The highest BCUT2D eigenvalue weighted by atomic mass is 35.5. The minimum absolute atomic E-state index is 0.478. The monoisotopic (exact) mass is 298 g/mol. The van der Waals surface area contributed by atoms with Gasteiger partial charge in [0.15, 0.2) is 0 Å². The molecule has 19 heavy (non-hydrogen) atoms. The van der Waals surface area contributed by atoms with E-state index in [0.29, 0.717) is 11.9 Å².